The lowest BCUT2D eigenvalue weighted by Gasteiger charge is -2.26. The number of hydrogen-bond acceptors (Lipinski definition) is 5. The van der Waals surface area contributed by atoms with E-state index < -0.39 is 29.9 Å². The second kappa shape index (κ2) is 9.80. The van der Waals surface area contributed by atoms with Gasteiger partial charge in [0.15, 0.2) is 0 Å². The maximum Gasteiger partial charge on any atom is 0.408 e. The van der Waals surface area contributed by atoms with Crippen LogP contribution < -0.4 is 10.6 Å². The van der Waals surface area contributed by atoms with Gasteiger partial charge in [0.2, 0.25) is 5.91 Å². The van der Waals surface area contributed by atoms with Crippen LogP contribution in [0, 0.1) is 0 Å². The Balaban J connectivity index is 2.64. The van der Waals surface area contributed by atoms with Crippen LogP contribution in [-0.2, 0) is 20.9 Å². The SMILES string of the molecule is C=CC(=O)NC(O)[C@H](COCc1ccccc1)NC(=O)OC(C)(C)C. The average Bonchev–Trinajstić information content (AvgIpc) is 2.53. The molecule has 0 aliphatic carbocycles. The summed E-state index contributed by atoms with van der Waals surface area (Å²) in [5.41, 5.74) is 0.262. The molecule has 1 aromatic carbocycles. The zero-order chi connectivity index (χ0) is 18.9. The molecule has 2 amide bonds. The number of aliphatic hydroxyl groups excluding tert-OH is 1. The molecule has 0 fully saturated rings. The molecule has 2 atom stereocenters. The number of nitrogens with one attached hydrogen (secondary N) is 2. The van der Waals surface area contributed by atoms with Gasteiger partial charge in [0.1, 0.15) is 17.9 Å². The summed E-state index contributed by atoms with van der Waals surface area (Å²) < 4.78 is 10.7. The Hall–Kier alpha value is -2.38. The highest BCUT2D eigenvalue weighted by Gasteiger charge is 2.25. The van der Waals surface area contributed by atoms with Crippen molar-refractivity contribution in [1.82, 2.24) is 10.6 Å². The molecule has 0 aliphatic rings. The Kier molecular flexibility index (Phi) is 8.10. The van der Waals surface area contributed by atoms with E-state index in [9.17, 15) is 14.7 Å². The maximum atomic E-state index is 11.9. The minimum atomic E-state index is -1.35. The van der Waals surface area contributed by atoms with E-state index in [-0.39, 0.29) is 6.61 Å². The second-order valence-corrected chi connectivity index (χ2v) is 6.41. The van der Waals surface area contributed by atoms with Crippen LogP contribution in [0.4, 0.5) is 4.79 Å². The molecule has 3 N–H and O–H groups in total. The monoisotopic (exact) mass is 350 g/mol. The highest BCUT2D eigenvalue weighted by molar-refractivity contribution is 5.87. The van der Waals surface area contributed by atoms with Crippen molar-refractivity contribution in [3.63, 3.8) is 0 Å². The fraction of sp³-hybridized carbons (Fsp3) is 0.444. The first-order valence-corrected chi connectivity index (χ1v) is 7.93. The van der Waals surface area contributed by atoms with Crippen LogP contribution in [0.15, 0.2) is 43.0 Å². The van der Waals surface area contributed by atoms with Gasteiger partial charge in [-0.05, 0) is 32.4 Å². The minimum Gasteiger partial charge on any atom is -0.444 e. The molecule has 7 nitrogen and oxygen atoms in total. The number of rotatable bonds is 8. The predicted octanol–water partition coefficient (Wildman–Crippen LogP) is 1.72. The molecule has 0 spiro atoms. The first-order valence-electron chi connectivity index (χ1n) is 7.93. The first kappa shape index (κ1) is 20.7. The number of benzene rings is 1. The van der Waals surface area contributed by atoms with Crippen molar-refractivity contribution in [3.8, 4) is 0 Å². The topological polar surface area (TPSA) is 96.9 Å². The number of carbonyl (C=O) groups is 2. The van der Waals surface area contributed by atoms with E-state index in [4.69, 9.17) is 9.47 Å². The Labute approximate surface area is 148 Å². The van der Waals surface area contributed by atoms with Crippen molar-refractivity contribution in [2.45, 2.75) is 45.2 Å². The van der Waals surface area contributed by atoms with Crippen LogP contribution >= 0.6 is 0 Å². The van der Waals surface area contributed by atoms with Crippen molar-refractivity contribution in [2.75, 3.05) is 6.61 Å². The fourth-order valence-corrected chi connectivity index (χ4v) is 1.85. The Morgan fingerprint density at radius 1 is 1.24 bits per heavy atom. The van der Waals surface area contributed by atoms with E-state index in [1.54, 1.807) is 20.8 Å². The van der Waals surface area contributed by atoms with Gasteiger partial charge < -0.3 is 25.2 Å². The van der Waals surface area contributed by atoms with E-state index in [0.717, 1.165) is 11.6 Å². The zero-order valence-electron chi connectivity index (χ0n) is 14.8. The summed E-state index contributed by atoms with van der Waals surface area (Å²) in [6, 6.07) is 8.56. The highest BCUT2D eigenvalue weighted by atomic mass is 16.6. The molecular weight excluding hydrogens is 324 g/mol. The minimum absolute atomic E-state index is 0.0211. The molecule has 0 aromatic heterocycles. The van der Waals surface area contributed by atoms with Crippen molar-refractivity contribution in [2.24, 2.45) is 0 Å². The molecule has 0 saturated carbocycles. The van der Waals surface area contributed by atoms with Gasteiger partial charge >= 0.3 is 6.09 Å². The van der Waals surface area contributed by atoms with Crippen LogP contribution in [0.25, 0.3) is 0 Å². The normalized spacial score (nSPS) is 13.4. The number of aliphatic hydroxyl groups is 1. The summed E-state index contributed by atoms with van der Waals surface area (Å²) >= 11 is 0. The Morgan fingerprint density at radius 3 is 2.44 bits per heavy atom. The fourth-order valence-electron chi connectivity index (χ4n) is 1.85. The van der Waals surface area contributed by atoms with Crippen molar-refractivity contribution in [3.05, 3.63) is 48.6 Å². The lowest BCUT2D eigenvalue weighted by Crippen LogP contribution is -2.54. The molecule has 0 aliphatic heterocycles. The highest BCUT2D eigenvalue weighted by Crippen LogP contribution is 2.08. The molecular formula is C18H26N2O5. The van der Waals surface area contributed by atoms with Gasteiger partial charge in [-0.15, -0.1) is 0 Å². The van der Waals surface area contributed by atoms with Crippen LogP contribution in [0.3, 0.4) is 0 Å². The third-order valence-corrected chi connectivity index (χ3v) is 2.97. The zero-order valence-corrected chi connectivity index (χ0v) is 14.8. The largest absolute Gasteiger partial charge is 0.444 e. The van der Waals surface area contributed by atoms with E-state index in [1.165, 1.54) is 0 Å². The molecule has 25 heavy (non-hydrogen) atoms. The Morgan fingerprint density at radius 2 is 1.88 bits per heavy atom. The smallest absolute Gasteiger partial charge is 0.408 e. The third-order valence-electron chi connectivity index (χ3n) is 2.97. The summed E-state index contributed by atoms with van der Waals surface area (Å²) in [7, 11) is 0. The first-order chi connectivity index (χ1) is 11.7. The quantitative estimate of drug-likeness (QED) is 0.490. The molecule has 7 heteroatoms. The molecule has 0 bridgehead atoms. The lowest BCUT2D eigenvalue weighted by molar-refractivity contribution is -0.120. The Bertz CT molecular complexity index is 569. The number of alkyl carbamates (subject to hydrolysis) is 1. The molecule has 138 valence electrons. The standard InChI is InChI=1S/C18H26N2O5/c1-5-15(21)20-16(22)14(19-17(23)25-18(2,3)4)12-24-11-13-9-7-6-8-10-13/h5-10,14,16,22H,1,11-12H2,2-4H3,(H,19,23)(H,20,21)/t14-,16?/m0/s1. The molecule has 0 saturated heterocycles. The number of carbonyl (C=O) groups excluding carboxylic acids is 2. The van der Waals surface area contributed by atoms with Crippen molar-refractivity contribution >= 4 is 12.0 Å². The van der Waals surface area contributed by atoms with E-state index in [0.29, 0.717) is 6.61 Å². The summed E-state index contributed by atoms with van der Waals surface area (Å²) in [5.74, 6) is -0.563. The summed E-state index contributed by atoms with van der Waals surface area (Å²) in [5, 5.41) is 14.9. The van der Waals surface area contributed by atoms with E-state index in [2.05, 4.69) is 17.2 Å². The number of hydrogen-bond donors (Lipinski definition) is 3. The molecule has 0 radical (unpaired) electrons. The van der Waals surface area contributed by atoms with Gasteiger partial charge in [-0.2, -0.15) is 0 Å². The van der Waals surface area contributed by atoms with Gasteiger partial charge in [0.05, 0.1) is 13.2 Å². The van der Waals surface area contributed by atoms with Gasteiger partial charge in [0.25, 0.3) is 0 Å². The summed E-state index contributed by atoms with van der Waals surface area (Å²) in [6.45, 7) is 8.77. The second-order valence-electron chi connectivity index (χ2n) is 6.41. The van der Waals surface area contributed by atoms with Crippen molar-refractivity contribution < 1.29 is 24.2 Å². The van der Waals surface area contributed by atoms with Crippen LogP contribution in [0.2, 0.25) is 0 Å². The molecule has 0 heterocycles. The van der Waals surface area contributed by atoms with Gasteiger partial charge in [-0.25, -0.2) is 4.79 Å². The van der Waals surface area contributed by atoms with Gasteiger partial charge in [-0.1, -0.05) is 36.9 Å². The van der Waals surface area contributed by atoms with Crippen LogP contribution in [0.5, 0.6) is 0 Å². The maximum absolute atomic E-state index is 11.9. The molecule has 1 unspecified atom stereocenters. The average molecular weight is 350 g/mol. The van der Waals surface area contributed by atoms with Crippen LogP contribution in [0.1, 0.15) is 26.3 Å². The van der Waals surface area contributed by atoms with E-state index in [1.807, 2.05) is 30.3 Å². The lowest BCUT2D eigenvalue weighted by atomic mass is 10.2. The van der Waals surface area contributed by atoms with Crippen LogP contribution in [-0.4, -0.2) is 41.6 Å². The van der Waals surface area contributed by atoms with E-state index >= 15 is 0 Å². The molecule has 1 rings (SSSR count). The van der Waals surface area contributed by atoms with Gasteiger partial charge in [-0.3, -0.25) is 4.79 Å². The number of ether oxygens (including phenoxy) is 2. The molecule has 1 aromatic rings. The van der Waals surface area contributed by atoms with Crippen molar-refractivity contribution in [1.29, 1.82) is 0 Å². The summed E-state index contributed by atoms with van der Waals surface area (Å²) in [4.78, 5) is 23.3. The van der Waals surface area contributed by atoms with Gasteiger partial charge in [0, 0.05) is 0 Å². The summed E-state index contributed by atoms with van der Waals surface area (Å²) in [6.07, 6.45) is -1.04. The third kappa shape index (κ3) is 8.88. The predicted molar refractivity (Wildman–Crippen MR) is 93.6 cm³/mol. The number of amides is 2.